The second-order valence-corrected chi connectivity index (χ2v) is 6.59. The van der Waals surface area contributed by atoms with E-state index in [1.165, 1.54) is 35.8 Å². The fraction of sp³-hybridized carbons (Fsp3) is 0.0769. The predicted molar refractivity (Wildman–Crippen MR) is 84.9 cm³/mol. The normalized spacial score (nSPS) is 10.8. The van der Waals surface area contributed by atoms with Gasteiger partial charge >= 0.3 is 0 Å². The van der Waals surface area contributed by atoms with Crippen molar-refractivity contribution in [2.75, 3.05) is 0 Å². The van der Waals surface area contributed by atoms with Gasteiger partial charge in [-0.15, -0.1) is 11.3 Å². The molecule has 1 N–H and O–H groups in total. The summed E-state index contributed by atoms with van der Waals surface area (Å²) < 4.78 is 0.973. The van der Waals surface area contributed by atoms with Crippen molar-refractivity contribution in [3.63, 3.8) is 0 Å². The molecule has 0 unspecified atom stereocenters. The Balaban J connectivity index is 2.05. The first-order valence-electron chi connectivity index (χ1n) is 5.81. The Kier molecular flexibility index (Phi) is 4.81. The number of nitrogens with zero attached hydrogens (tertiary/aromatic N) is 2. The first-order valence-corrected chi connectivity index (χ1v) is 7.42. The molecular weight excluding hydrogens is 358 g/mol. The zero-order valence-electron chi connectivity index (χ0n) is 10.9. The van der Waals surface area contributed by atoms with Crippen LogP contribution in [0.2, 0.25) is 0 Å². The molecule has 1 aromatic heterocycles. The molecule has 0 aliphatic heterocycles. The molecule has 0 saturated carbocycles. The molecule has 1 heterocycles. The number of hydrazone groups is 1. The van der Waals surface area contributed by atoms with E-state index in [1.807, 2.05) is 12.1 Å². The van der Waals surface area contributed by atoms with E-state index in [9.17, 15) is 14.9 Å². The molecule has 0 fully saturated rings. The van der Waals surface area contributed by atoms with Crippen LogP contribution in [0.25, 0.3) is 0 Å². The summed E-state index contributed by atoms with van der Waals surface area (Å²) in [5.74, 6) is -0.417. The summed E-state index contributed by atoms with van der Waals surface area (Å²) in [6, 6.07) is 7.92. The molecule has 0 spiro atoms. The highest BCUT2D eigenvalue weighted by Gasteiger charge is 2.13. The maximum Gasteiger partial charge on any atom is 0.272 e. The molecule has 0 aliphatic carbocycles. The molecule has 1 aromatic carbocycles. The van der Waals surface area contributed by atoms with Gasteiger partial charge in [-0.2, -0.15) is 5.10 Å². The molecule has 0 saturated heterocycles. The Morgan fingerprint density at radius 1 is 1.43 bits per heavy atom. The first-order chi connectivity index (χ1) is 9.97. The third-order valence-corrected chi connectivity index (χ3v) is 4.17. The summed E-state index contributed by atoms with van der Waals surface area (Å²) in [6.07, 6.45) is 1.53. The summed E-state index contributed by atoms with van der Waals surface area (Å²) in [4.78, 5) is 23.0. The van der Waals surface area contributed by atoms with Gasteiger partial charge in [0.25, 0.3) is 11.6 Å². The number of nitro groups is 1. The summed E-state index contributed by atoms with van der Waals surface area (Å²) in [5.41, 5.74) is 3.12. The van der Waals surface area contributed by atoms with Crippen LogP contribution in [-0.2, 0) is 0 Å². The number of nitrogens with one attached hydrogen (secondary N) is 1. The smallest absolute Gasteiger partial charge is 0.267 e. The molecule has 1 amide bonds. The number of benzene rings is 1. The average Bonchev–Trinajstić information content (AvgIpc) is 2.83. The maximum absolute atomic E-state index is 11.9. The third-order valence-electron chi connectivity index (χ3n) is 2.61. The van der Waals surface area contributed by atoms with E-state index in [2.05, 4.69) is 26.5 Å². The SMILES string of the molecule is Cc1cc(C(=O)N/N=C/c2ccc(Br)s2)ccc1[N+](=O)[O-]. The Morgan fingerprint density at radius 2 is 2.19 bits per heavy atom. The second-order valence-electron chi connectivity index (χ2n) is 4.10. The van der Waals surface area contributed by atoms with Crippen LogP contribution in [0.3, 0.4) is 0 Å². The standard InChI is InChI=1S/C13H10BrN3O3S/c1-8-6-9(2-4-11(8)17(19)20)13(18)16-15-7-10-3-5-12(14)21-10/h2-7H,1H3,(H,16,18)/b15-7+. The lowest BCUT2D eigenvalue weighted by molar-refractivity contribution is -0.385. The van der Waals surface area contributed by atoms with E-state index in [1.54, 1.807) is 6.92 Å². The molecular formula is C13H10BrN3O3S. The van der Waals surface area contributed by atoms with Crippen molar-refractivity contribution in [3.05, 3.63) is 60.2 Å². The first kappa shape index (κ1) is 15.3. The van der Waals surface area contributed by atoms with Crippen molar-refractivity contribution in [2.24, 2.45) is 5.10 Å². The largest absolute Gasteiger partial charge is 0.272 e. The summed E-state index contributed by atoms with van der Waals surface area (Å²) >= 11 is 4.81. The quantitative estimate of drug-likeness (QED) is 0.509. The van der Waals surface area contributed by atoms with E-state index in [4.69, 9.17) is 0 Å². The molecule has 108 valence electrons. The van der Waals surface area contributed by atoms with Gasteiger partial charge in [-0.1, -0.05) is 0 Å². The van der Waals surface area contributed by atoms with Crippen LogP contribution in [0.15, 0.2) is 39.2 Å². The Labute approximate surface area is 132 Å². The van der Waals surface area contributed by atoms with Crippen molar-refractivity contribution in [3.8, 4) is 0 Å². The molecule has 0 atom stereocenters. The summed E-state index contributed by atoms with van der Waals surface area (Å²) in [5, 5.41) is 14.6. The fourth-order valence-electron chi connectivity index (χ4n) is 1.62. The number of hydrogen-bond donors (Lipinski definition) is 1. The van der Waals surface area contributed by atoms with Crippen LogP contribution < -0.4 is 5.43 Å². The number of hydrogen-bond acceptors (Lipinski definition) is 5. The molecule has 2 aromatic rings. The molecule has 8 heteroatoms. The summed E-state index contributed by atoms with van der Waals surface area (Å²) in [7, 11) is 0. The van der Waals surface area contributed by atoms with Crippen molar-refractivity contribution in [1.82, 2.24) is 5.43 Å². The molecule has 6 nitrogen and oxygen atoms in total. The fourth-order valence-corrected chi connectivity index (χ4v) is 2.91. The van der Waals surface area contributed by atoms with Gasteiger partial charge in [-0.3, -0.25) is 14.9 Å². The molecule has 0 aliphatic rings. The van der Waals surface area contributed by atoms with E-state index >= 15 is 0 Å². The minimum atomic E-state index is -0.482. The highest BCUT2D eigenvalue weighted by Crippen LogP contribution is 2.20. The highest BCUT2D eigenvalue weighted by molar-refractivity contribution is 9.11. The number of nitro benzene ring substituents is 1. The Morgan fingerprint density at radius 3 is 2.76 bits per heavy atom. The van der Waals surface area contributed by atoms with E-state index < -0.39 is 10.8 Å². The van der Waals surface area contributed by atoms with Crippen LogP contribution in [0.1, 0.15) is 20.8 Å². The van der Waals surface area contributed by atoms with E-state index in [-0.39, 0.29) is 5.69 Å². The van der Waals surface area contributed by atoms with Gasteiger partial charge in [0.1, 0.15) is 0 Å². The van der Waals surface area contributed by atoms with Crippen molar-refractivity contribution < 1.29 is 9.72 Å². The molecule has 2 rings (SSSR count). The van der Waals surface area contributed by atoms with Gasteiger partial charge in [0.2, 0.25) is 0 Å². The topological polar surface area (TPSA) is 84.6 Å². The number of rotatable bonds is 4. The zero-order valence-corrected chi connectivity index (χ0v) is 13.3. The van der Waals surface area contributed by atoms with Crippen molar-refractivity contribution in [2.45, 2.75) is 6.92 Å². The van der Waals surface area contributed by atoms with Gasteiger partial charge in [0.05, 0.1) is 14.9 Å². The minimum absolute atomic E-state index is 0.0153. The van der Waals surface area contributed by atoms with Crippen LogP contribution >= 0.6 is 27.3 Å². The number of aryl methyl sites for hydroxylation is 1. The van der Waals surface area contributed by atoms with Gasteiger partial charge < -0.3 is 0 Å². The minimum Gasteiger partial charge on any atom is -0.267 e. The van der Waals surface area contributed by atoms with E-state index in [0.717, 1.165) is 8.66 Å². The van der Waals surface area contributed by atoms with Crippen LogP contribution in [0.4, 0.5) is 5.69 Å². The number of amides is 1. The predicted octanol–water partition coefficient (Wildman–Crippen LogP) is 3.49. The average molecular weight is 368 g/mol. The lowest BCUT2D eigenvalue weighted by Gasteiger charge is -2.01. The lowest BCUT2D eigenvalue weighted by Crippen LogP contribution is -2.17. The third kappa shape index (κ3) is 3.96. The van der Waals surface area contributed by atoms with E-state index in [0.29, 0.717) is 11.1 Å². The van der Waals surface area contributed by atoms with Gasteiger partial charge in [0.15, 0.2) is 0 Å². The van der Waals surface area contributed by atoms with Crippen molar-refractivity contribution >= 4 is 45.1 Å². The lowest BCUT2D eigenvalue weighted by atomic mass is 10.1. The molecule has 0 radical (unpaired) electrons. The molecule has 0 bridgehead atoms. The van der Waals surface area contributed by atoms with Gasteiger partial charge in [-0.25, -0.2) is 5.43 Å². The molecule has 21 heavy (non-hydrogen) atoms. The summed E-state index contributed by atoms with van der Waals surface area (Å²) in [6.45, 7) is 1.58. The second kappa shape index (κ2) is 6.59. The van der Waals surface area contributed by atoms with Crippen LogP contribution in [0.5, 0.6) is 0 Å². The number of thiophene rings is 1. The maximum atomic E-state index is 11.9. The number of carbonyl (C=O) groups is 1. The van der Waals surface area contributed by atoms with Gasteiger partial charge in [-0.05, 0) is 47.1 Å². The highest BCUT2D eigenvalue weighted by atomic mass is 79.9. The van der Waals surface area contributed by atoms with Gasteiger partial charge in [0, 0.05) is 22.1 Å². The Hall–Kier alpha value is -2.06. The number of carbonyl (C=O) groups excluding carboxylic acids is 1. The zero-order chi connectivity index (χ0) is 15.4. The monoisotopic (exact) mass is 367 g/mol. The van der Waals surface area contributed by atoms with Crippen molar-refractivity contribution in [1.29, 1.82) is 0 Å². The Bertz CT molecular complexity index is 727. The number of halogens is 1. The van der Waals surface area contributed by atoms with Crippen LogP contribution in [-0.4, -0.2) is 17.0 Å². The van der Waals surface area contributed by atoms with Crippen LogP contribution in [0, 0.1) is 17.0 Å².